The molecule has 1 aromatic carbocycles. The highest BCUT2D eigenvalue weighted by Crippen LogP contribution is 2.34. The Labute approximate surface area is 98.4 Å². The molecule has 0 amide bonds. The van der Waals surface area contributed by atoms with Crippen LogP contribution in [0.3, 0.4) is 0 Å². The van der Waals surface area contributed by atoms with Crippen molar-refractivity contribution >= 4 is 11.4 Å². The number of benzene rings is 1. The first kappa shape index (κ1) is 11.3. The van der Waals surface area contributed by atoms with Gasteiger partial charge in [0.15, 0.2) is 0 Å². The van der Waals surface area contributed by atoms with E-state index in [1.165, 1.54) is 37.1 Å². The number of nitrogens with two attached hydrogens (primary N) is 1. The van der Waals surface area contributed by atoms with Crippen LogP contribution in [0.4, 0.5) is 11.4 Å². The molecule has 2 nitrogen and oxygen atoms in total. The van der Waals surface area contributed by atoms with Gasteiger partial charge in [0, 0.05) is 13.1 Å². The van der Waals surface area contributed by atoms with E-state index >= 15 is 0 Å². The lowest BCUT2D eigenvalue weighted by molar-refractivity contribution is 0.707. The maximum atomic E-state index is 6.11. The second-order valence-corrected chi connectivity index (χ2v) is 4.90. The van der Waals surface area contributed by atoms with Crippen molar-refractivity contribution in [1.82, 2.24) is 0 Å². The van der Waals surface area contributed by atoms with Gasteiger partial charge in [-0.3, -0.25) is 0 Å². The first-order valence-corrected chi connectivity index (χ1v) is 6.32. The number of nitrogen functional groups attached to an aromatic ring is 1. The van der Waals surface area contributed by atoms with Crippen LogP contribution in [0.1, 0.15) is 31.7 Å². The molecule has 0 heterocycles. The van der Waals surface area contributed by atoms with Crippen LogP contribution in [0, 0.1) is 12.8 Å². The standard InChI is InChI=1S/C14H22N2/c1-3-9-16(10-12-7-8-12)14-11(2)5-4-6-13(14)15/h4-6,12H,3,7-10,15H2,1-2H3. The molecule has 0 bridgehead atoms. The quantitative estimate of drug-likeness (QED) is 0.769. The molecule has 16 heavy (non-hydrogen) atoms. The van der Waals surface area contributed by atoms with Crippen molar-refractivity contribution in [1.29, 1.82) is 0 Å². The van der Waals surface area contributed by atoms with Gasteiger partial charge in [0.25, 0.3) is 0 Å². The van der Waals surface area contributed by atoms with E-state index < -0.39 is 0 Å². The fourth-order valence-corrected chi connectivity index (χ4v) is 2.29. The second-order valence-electron chi connectivity index (χ2n) is 4.90. The van der Waals surface area contributed by atoms with Crippen molar-refractivity contribution in [2.45, 2.75) is 33.1 Å². The van der Waals surface area contributed by atoms with Gasteiger partial charge in [-0.25, -0.2) is 0 Å². The van der Waals surface area contributed by atoms with E-state index in [-0.39, 0.29) is 0 Å². The predicted octanol–water partition coefficient (Wildman–Crippen LogP) is 3.20. The van der Waals surface area contributed by atoms with Crippen LogP contribution < -0.4 is 10.6 Å². The first-order valence-electron chi connectivity index (χ1n) is 6.32. The molecular formula is C14H22N2. The molecule has 1 aromatic rings. The zero-order valence-corrected chi connectivity index (χ0v) is 10.4. The van der Waals surface area contributed by atoms with Gasteiger partial charge in [0.05, 0.1) is 11.4 Å². The van der Waals surface area contributed by atoms with Crippen molar-refractivity contribution in [3.05, 3.63) is 23.8 Å². The van der Waals surface area contributed by atoms with Crippen LogP contribution in [-0.2, 0) is 0 Å². The lowest BCUT2D eigenvalue weighted by Crippen LogP contribution is -2.28. The fraction of sp³-hybridized carbons (Fsp3) is 0.571. The number of aryl methyl sites for hydroxylation is 1. The maximum Gasteiger partial charge on any atom is 0.0629 e. The summed E-state index contributed by atoms with van der Waals surface area (Å²) >= 11 is 0. The summed E-state index contributed by atoms with van der Waals surface area (Å²) in [5, 5.41) is 0. The molecule has 1 aliphatic rings. The molecular weight excluding hydrogens is 196 g/mol. The van der Waals surface area contributed by atoms with Gasteiger partial charge < -0.3 is 10.6 Å². The minimum atomic E-state index is 0.908. The van der Waals surface area contributed by atoms with Crippen LogP contribution in [-0.4, -0.2) is 13.1 Å². The molecule has 0 radical (unpaired) electrons. The highest BCUT2D eigenvalue weighted by Gasteiger charge is 2.25. The zero-order chi connectivity index (χ0) is 11.5. The Bertz CT molecular complexity index is 336. The average molecular weight is 218 g/mol. The van der Waals surface area contributed by atoms with Crippen LogP contribution in [0.2, 0.25) is 0 Å². The van der Waals surface area contributed by atoms with Gasteiger partial charge in [-0.2, -0.15) is 0 Å². The Kier molecular flexibility index (Phi) is 3.37. The van der Waals surface area contributed by atoms with E-state index in [1.807, 2.05) is 12.1 Å². The summed E-state index contributed by atoms with van der Waals surface area (Å²) in [4.78, 5) is 2.47. The number of para-hydroxylation sites is 1. The van der Waals surface area contributed by atoms with Crippen molar-refractivity contribution in [3.8, 4) is 0 Å². The normalized spacial score (nSPS) is 15.1. The summed E-state index contributed by atoms with van der Waals surface area (Å²) in [6, 6.07) is 6.20. The maximum absolute atomic E-state index is 6.11. The van der Waals surface area contributed by atoms with E-state index in [9.17, 15) is 0 Å². The molecule has 1 aliphatic carbocycles. The second kappa shape index (κ2) is 4.77. The molecule has 1 saturated carbocycles. The fourth-order valence-electron chi connectivity index (χ4n) is 2.29. The Morgan fingerprint density at radius 1 is 1.38 bits per heavy atom. The van der Waals surface area contributed by atoms with E-state index in [0.29, 0.717) is 0 Å². The summed E-state index contributed by atoms with van der Waals surface area (Å²) in [5.41, 5.74) is 9.59. The van der Waals surface area contributed by atoms with E-state index in [0.717, 1.165) is 18.2 Å². The number of hydrogen-bond donors (Lipinski definition) is 1. The molecule has 0 atom stereocenters. The lowest BCUT2D eigenvalue weighted by Gasteiger charge is -2.27. The van der Waals surface area contributed by atoms with E-state index in [2.05, 4.69) is 24.8 Å². The molecule has 0 saturated heterocycles. The third-order valence-corrected chi connectivity index (χ3v) is 3.25. The topological polar surface area (TPSA) is 29.3 Å². The largest absolute Gasteiger partial charge is 0.397 e. The van der Waals surface area contributed by atoms with Crippen LogP contribution >= 0.6 is 0 Å². The van der Waals surface area contributed by atoms with Crippen LogP contribution in [0.15, 0.2) is 18.2 Å². The highest BCUT2D eigenvalue weighted by molar-refractivity contribution is 5.71. The highest BCUT2D eigenvalue weighted by atomic mass is 15.1. The number of nitrogens with zero attached hydrogens (tertiary/aromatic N) is 1. The Balaban J connectivity index is 2.21. The van der Waals surface area contributed by atoms with Crippen molar-refractivity contribution < 1.29 is 0 Å². The van der Waals surface area contributed by atoms with Gasteiger partial charge in [-0.15, -0.1) is 0 Å². The van der Waals surface area contributed by atoms with Crippen LogP contribution in [0.5, 0.6) is 0 Å². The molecule has 0 unspecified atom stereocenters. The summed E-state index contributed by atoms with van der Waals surface area (Å²) in [6.45, 7) is 6.68. The summed E-state index contributed by atoms with van der Waals surface area (Å²) in [6.07, 6.45) is 3.97. The monoisotopic (exact) mass is 218 g/mol. The molecule has 2 heteroatoms. The molecule has 0 aliphatic heterocycles. The molecule has 0 spiro atoms. The third-order valence-electron chi connectivity index (χ3n) is 3.25. The number of rotatable bonds is 5. The van der Waals surface area contributed by atoms with Crippen LogP contribution in [0.25, 0.3) is 0 Å². The van der Waals surface area contributed by atoms with E-state index in [1.54, 1.807) is 0 Å². The molecule has 2 rings (SSSR count). The van der Waals surface area contributed by atoms with Crippen molar-refractivity contribution in [2.24, 2.45) is 5.92 Å². The first-order chi connectivity index (χ1) is 7.72. The van der Waals surface area contributed by atoms with Gasteiger partial charge in [-0.05, 0) is 43.7 Å². The predicted molar refractivity (Wildman–Crippen MR) is 70.8 cm³/mol. The molecule has 88 valence electrons. The minimum Gasteiger partial charge on any atom is -0.397 e. The summed E-state index contributed by atoms with van der Waals surface area (Å²) < 4.78 is 0. The Morgan fingerprint density at radius 3 is 2.69 bits per heavy atom. The third kappa shape index (κ3) is 2.49. The lowest BCUT2D eigenvalue weighted by atomic mass is 10.1. The SMILES string of the molecule is CCCN(CC1CC1)c1c(C)cccc1N. The Morgan fingerprint density at radius 2 is 2.12 bits per heavy atom. The minimum absolute atomic E-state index is 0.908. The van der Waals surface area contributed by atoms with Crippen molar-refractivity contribution in [2.75, 3.05) is 23.7 Å². The van der Waals surface area contributed by atoms with E-state index in [4.69, 9.17) is 5.73 Å². The van der Waals surface area contributed by atoms with Gasteiger partial charge in [-0.1, -0.05) is 19.1 Å². The van der Waals surface area contributed by atoms with Crippen molar-refractivity contribution in [3.63, 3.8) is 0 Å². The summed E-state index contributed by atoms with van der Waals surface area (Å²) in [5.74, 6) is 0.908. The molecule has 1 fully saturated rings. The smallest absolute Gasteiger partial charge is 0.0629 e. The van der Waals surface area contributed by atoms with Gasteiger partial charge >= 0.3 is 0 Å². The van der Waals surface area contributed by atoms with Gasteiger partial charge in [0.2, 0.25) is 0 Å². The number of anilines is 2. The average Bonchev–Trinajstić information content (AvgIpc) is 3.01. The zero-order valence-electron chi connectivity index (χ0n) is 10.4. The number of hydrogen-bond acceptors (Lipinski definition) is 2. The van der Waals surface area contributed by atoms with Gasteiger partial charge in [0.1, 0.15) is 0 Å². The Hall–Kier alpha value is -1.18. The summed E-state index contributed by atoms with van der Waals surface area (Å²) in [7, 11) is 0. The molecule has 2 N–H and O–H groups in total. The molecule has 0 aromatic heterocycles.